The first-order chi connectivity index (χ1) is 8.57. The molecule has 4 nitrogen and oxygen atoms in total. The molecule has 2 N–H and O–H groups in total. The van der Waals surface area contributed by atoms with Gasteiger partial charge in [0.25, 0.3) is 0 Å². The number of hydrogen-bond donors (Lipinski definition) is 1. The van der Waals surface area contributed by atoms with Gasteiger partial charge in [0, 0.05) is 19.1 Å². The Balaban J connectivity index is 2.34. The highest BCUT2D eigenvalue weighted by Crippen LogP contribution is 2.28. The van der Waals surface area contributed by atoms with Crippen LogP contribution >= 0.6 is 0 Å². The van der Waals surface area contributed by atoms with Crippen molar-refractivity contribution in [3.05, 3.63) is 30.3 Å². The average Bonchev–Trinajstić information content (AvgIpc) is 2.39. The zero-order valence-corrected chi connectivity index (χ0v) is 11.4. The van der Waals surface area contributed by atoms with Crippen LogP contribution in [0.5, 0.6) is 0 Å². The minimum absolute atomic E-state index is 0.0797. The van der Waals surface area contributed by atoms with Crippen LogP contribution in [-0.2, 0) is 10.0 Å². The number of nitrogens with two attached hydrogens (primary N) is 1. The lowest BCUT2D eigenvalue weighted by atomic mass is 9.93. The van der Waals surface area contributed by atoms with E-state index in [0.717, 1.165) is 12.8 Å². The second kappa shape index (κ2) is 5.38. The molecule has 1 heterocycles. The number of rotatable bonds is 3. The van der Waals surface area contributed by atoms with E-state index in [9.17, 15) is 8.42 Å². The fourth-order valence-corrected chi connectivity index (χ4v) is 4.38. The topological polar surface area (TPSA) is 63.4 Å². The number of nitrogens with zero attached hydrogens (tertiary/aromatic N) is 1. The van der Waals surface area contributed by atoms with Crippen LogP contribution in [0, 0.1) is 5.92 Å². The van der Waals surface area contributed by atoms with Crippen LogP contribution in [0.1, 0.15) is 19.8 Å². The minimum atomic E-state index is -3.40. The van der Waals surface area contributed by atoms with Gasteiger partial charge in [0.2, 0.25) is 10.0 Å². The van der Waals surface area contributed by atoms with E-state index in [1.54, 1.807) is 28.6 Å². The van der Waals surface area contributed by atoms with Gasteiger partial charge in [-0.1, -0.05) is 25.1 Å². The molecule has 100 valence electrons. The average molecular weight is 268 g/mol. The molecule has 2 rings (SSSR count). The molecule has 0 amide bonds. The highest BCUT2D eigenvalue weighted by molar-refractivity contribution is 7.89. The Morgan fingerprint density at radius 3 is 2.61 bits per heavy atom. The molecule has 0 aliphatic carbocycles. The summed E-state index contributed by atoms with van der Waals surface area (Å²) in [6.07, 6.45) is 1.95. The van der Waals surface area contributed by atoms with Crippen LogP contribution in [0.4, 0.5) is 0 Å². The lowest BCUT2D eigenvalue weighted by molar-refractivity contribution is 0.192. The second-order valence-electron chi connectivity index (χ2n) is 4.85. The third-order valence-electron chi connectivity index (χ3n) is 3.66. The molecule has 0 unspecified atom stereocenters. The van der Waals surface area contributed by atoms with E-state index in [1.807, 2.05) is 6.07 Å². The van der Waals surface area contributed by atoms with Gasteiger partial charge in [-0.3, -0.25) is 0 Å². The fourth-order valence-electron chi connectivity index (χ4n) is 2.59. The highest BCUT2D eigenvalue weighted by Gasteiger charge is 2.36. The maximum atomic E-state index is 12.6. The molecule has 1 aliphatic rings. The van der Waals surface area contributed by atoms with Crippen LogP contribution in [0.15, 0.2) is 35.2 Å². The van der Waals surface area contributed by atoms with E-state index in [1.165, 1.54) is 0 Å². The standard InChI is InChI=1S/C13H20N2O2S/c1-11-6-5-9-15(13(11)10-14)18(16,17)12-7-3-2-4-8-12/h2-4,7-8,11,13H,5-6,9-10,14H2,1H3/t11-,13-/m0/s1. The summed E-state index contributed by atoms with van der Waals surface area (Å²) in [6.45, 7) is 3.03. The number of sulfonamides is 1. The first kappa shape index (κ1) is 13.5. The maximum absolute atomic E-state index is 12.6. The molecule has 18 heavy (non-hydrogen) atoms. The van der Waals surface area contributed by atoms with Crippen molar-refractivity contribution in [3.63, 3.8) is 0 Å². The van der Waals surface area contributed by atoms with Crippen molar-refractivity contribution in [3.8, 4) is 0 Å². The van der Waals surface area contributed by atoms with Crippen LogP contribution in [0.3, 0.4) is 0 Å². The molecule has 0 aromatic heterocycles. The Morgan fingerprint density at radius 1 is 1.33 bits per heavy atom. The molecular formula is C13H20N2O2S. The van der Waals surface area contributed by atoms with E-state index in [4.69, 9.17) is 5.73 Å². The van der Waals surface area contributed by atoms with Gasteiger partial charge >= 0.3 is 0 Å². The van der Waals surface area contributed by atoms with Crippen molar-refractivity contribution in [2.45, 2.75) is 30.7 Å². The van der Waals surface area contributed by atoms with Gasteiger partial charge in [-0.05, 0) is 30.9 Å². The van der Waals surface area contributed by atoms with Crippen molar-refractivity contribution in [1.82, 2.24) is 4.31 Å². The molecule has 1 aromatic rings. The summed E-state index contributed by atoms with van der Waals surface area (Å²) in [4.78, 5) is 0.359. The fraction of sp³-hybridized carbons (Fsp3) is 0.538. The Kier molecular flexibility index (Phi) is 4.04. The molecule has 0 radical (unpaired) electrons. The molecule has 0 spiro atoms. The van der Waals surface area contributed by atoms with Gasteiger partial charge in [-0.2, -0.15) is 4.31 Å². The number of benzene rings is 1. The zero-order valence-electron chi connectivity index (χ0n) is 10.6. The summed E-state index contributed by atoms with van der Waals surface area (Å²) < 4.78 is 26.7. The Morgan fingerprint density at radius 2 is 2.00 bits per heavy atom. The van der Waals surface area contributed by atoms with Crippen LogP contribution < -0.4 is 5.73 Å². The third kappa shape index (κ3) is 2.43. The monoisotopic (exact) mass is 268 g/mol. The molecule has 1 aromatic carbocycles. The molecule has 5 heteroatoms. The summed E-state index contributed by atoms with van der Waals surface area (Å²) in [6, 6.07) is 8.52. The molecular weight excluding hydrogens is 248 g/mol. The van der Waals surface area contributed by atoms with E-state index >= 15 is 0 Å². The van der Waals surface area contributed by atoms with Gasteiger partial charge < -0.3 is 5.73 Å². The predicted octanol–water partition coefficient (Wildman–Crippen LogP) is 1.43. The molecule has 1 fully saturated rings. The first-order valence-electron chi connectivity index (χ1n) is 6.34. The van der Waals surface area contributed by atoms with Crippen molar-refractivity contribution in [1.29, 1.82) is 0 Å². The first-order valence-corrected chi connectivity index (χ1v) is 7.78. The van der Waals surface area contributed by atoms with Gasteiger partial charge in [0.15, 0.2) is 0 Å². The molecule has 1 saturated heterocycles. The van der Waals surface area contributed by atoms with Crippen molar-refractivity contribution >= 4 is 10.0 Å². The quantitative estimate of drug-likeness (QED) is 0.902. The zero-order chi connectivity index (χ0) is 13.2. The SMILES string of the molecule is C[C@H]1CCCN(S(=O)(=O)c2ccccc2)[C@H]1CN. The van der Waals surface area contributed by atoms with E-state index in [-0.39, 0.29) is 6.04 Å². The molecule has 1 aliphatic heterocycles. The Labute approximate surface area is 109 Å². The van der Waals surface area contributed by atoms with Gasteiger partial charge in [-0.15, -0.1) is 0 Å². The minimum Gasteiger partial charge on any atom is -0.329 e. The summed E-state index contributed by atoms with van der Waals surface area (Å²) in [5, 5.41) is 0. The lowest BCUT2D eigenvalue weighted by Gasteiger charge is -2.38. The number of piperidine rings is 1. The smallest absolute Gasteiger partial charge is 0.243 e. The van der Waals surface area contributed by atoms with Gasteiger partial charge in [0.1, 0.15) is 0 Å². The van der Waals surface area contributed by atoms with Crippen LogP contribution in [0.2, 0.25) is 0 Å². The third-order valence-corrected chi connectivity index (χ3v) is 5.59. The maximum Gasteiger partial charge on any atom is 0.243 e. The van der Waals surface area contributed by atoms with Crippen LogP contribution in [0.25, 0.3) is 0 Å². The summed E-state index contributed by atoms with van der Waals surface area (Å²) in [5.74, 6) is 0.322. The largest absolute Gasteiger partial charge is 0.329 e. The second-order valence-corrected chi connectivity index (χ2v) is 6.74. The summed E-state index contributed by atoms with van der Waals surface area (Å²) in [7, 11) is -3.40. The predicted molar refractivity (Wildman–Crippen MR) is 71.6 cm³/mol. The Hall–Kier alpha value is -0.910. The normalized spacial score (nSPS) is 26.1. The van der Waals surface area contributed by atoms with E-state index < -0.39 is 10.0 Å². The van der Waals surface area contributed by atoms with Crippen molar-refractivity contribution < 1.29 is 8.42 Å². The Bertz CT molecular complexity index is 487. The van der Waals surface area contributed by atoms with Gasteiger partial charge in [-0.25, -0.2) is 8.42 Å². The van der Waals surface area contributed by atoms with E-state index in [2.05, 4.69) is 6.92 Å². The van der Waals surface area contributed by atoms with Gasteiger partial charge in [0.05, 0.1) is 4.90 Å². The highest BCUT2D eigenvalue weighted by atomic mass is 32.2. The summed E-state index contributed by atoms with van der Waals surface area (Å²) in [5.41, 5.74) is 5.75. The van der Waals surface area contributed by atoms with Crippen molar-refractivity contribution in [2.24, 2.45) is 11.7 Å². The van der Waals surface area contributed by atoms with Crippen molar-refractivity contribution in [2.75, 3.05) is 13.1 Å². The number of hydrogen-bond acceptors (Lipinski definition) is 3. The molecule has 2 atom stereocenters. The summed E-state index contributed by atoms with van der Waals surface area (Å²) >= 11 is 0. The molecule has 0 saturated carbocycles. The lowest BCUT2D eigenvalue weighted by Crippen LogP contribution is -2.51. The molecule has 0 bridgehead atoms. The van der Waals surface area contributed by atoms with Crippen LogP contribution in [-0.4, -0.2) is 31.9 Å². The van der Waals surface area contributed by atoms with E-state index in [0.29, 0.717) is 23.9 Å².